The van der Waals surface area contributed by atoms with E-state index in [9.17, 15) is 23.7 Å². The molecule has 394 valence electrons. The smallest absolute Gasteiger partial charge is 0.262 e. The van der Waals surface area contributed by atoms with Crippen molar-refractivity contribution < 1.29 is 28.5 Å². The summed E-state index contributed by atoms with van der Waals surface area (Å²) in [5, 5.41) is 14.6. The van der Waals surface area contributed by atoms with Crippen molar-refractivity contribution >= 4 is 82.2 Å². The van der Waals surface area contributed by atoms with E-state index >= 15 is 0 Å². The summed E-state index contributed by atoms with van der Waals surface area (Å²) < 4.78 is 21.5. The number of carbonyl (C=O) groups is 4. The van der Waals surface area contributed by atoms with Gasteiger partial charge < -0.3 is 34.6 Å². The molecule has 76 heavy (non-hydrogen) atoms. The molecule has 4 amide bonds. The molecule has 5 aliphatic rings. The number of aryl methyl sites for hydroxylation is 1. The third kappa shape index (κ3) is 10.3. The molecule has 1 unspecified atom stereocenters. The van der Waals surface area contributed by atoms with Crippen molar-refractivity contribution in [2.75, 3.05) is 86.7 Å². The number of imide groups is 2. The molecule has 3 N–H and O–H groups in total. The van der Waals surface area contributed by atoms with Gasteiger partial charge in [-0.3, -0.25) is 34.1 Å². The molecule has 0 aliphatic carbocycles. The van der Waals surface area contributed by atoms with Crippen molar-refractivity contribution in [3.05, 3.63) is 114 Å². The fraction of sp³-hybridized carbons (Fsp3) is 0.386. The summed E-state index contributed by atoms with van der Waals surface area (Å²) in [5.41, 5.74) is 8.25. The number of amides is 4. The van der Waals surface area contributed by atoms with Crippen LogP contribution in [0.4, 0.5) is 34.5 Å². The second kappa shape index (κ2) is 20.8. The number of fused-ring (bicyclic) bond motifs is 1. The number of nitrogens with zero attached hydrogens (tertiary/aromatic N) is 8. The summed E-state index contributed by atoms with van der Waals surface area (Å²) in [7, 11) is 0.852. The van der Waals surface area contributed by atoms with Gasteiger partial charge in [0.05, 0.1) is 42.0 Å². The van der Waals surface area contributed by atoms with Crippen molar-refractivity contribution in [2.45, 2.75) is 57.4 Å². The molecule has 17 nitrogen and oxygen atoms in total. The molecule has 0 bridgehead atoms. The van der Waals surface area contributed by atoms with Crippen molar-refractivity contribution in [3.8, 4) is 28.0 Å². The number of benzene rings is 4. The Labute approximate surface area is 447 Å². The third-order valence-electron chi connectivity index (χ3n) is 16.3. The fourth-order valence-electron chi connectivity index (χ4n) is 11.9. The highest BCUT2D eigenvalue weighted by atomic mass is 35.5. The minimum atomic E-state index is -2.74. The van der Waals surface area contributed by atoms with E-state index in [0.717, 1.165) is 110 Å². The lowest BCUT2D eigenvalue weighted by molar-refractivity contribution is -0.136. The maximum absolute atomic E-state index is 13.7. The maximum atomic E-state index is 13.7. The Bertz CT molecular complexity index is 3280. The molecule has 6 aromatic rings. The molecule has 4 saturated heterocycles. The monoisotopic (exact) mass is 1060 g/mol. The quantitative estimate of drug-likeness (QED) is 0.0735. The number of piperidine rings is 4. The predicted molar refractivity (Wildman–Crippen MR) is 297 cm³/mol. The van der Waals surface area contributed by atoms with Crippen LogP contribution in [0.15, 0.2) is 97.5 Å². The van der Waals surface area contributed by atoms with Crippen molar-refractivity contribution in [3.63, 3.8) is 0 Å². The van der Waals surface area contributed by atoms with Gasteiger partial charge in [0.15, 0.2) is 5.82 Å². The van der Waals surface area contributed by atoms with Crippen LogP contribution in [-0.2, 0) is 21.2 Å². The predicted octanol–water partition coefficient (Wildman–Crippen LogP) is 8.94. The molecular weight excluding hydrogens is 1000 g/mol. The average molecular weight is 1060 g/mol. The van der Waals surface area contributed by atoms with Crippen LogP contribution in [-0.4, -0.2) is 125 Å². The molecular formula is C57H63ClN11O6P. The Morgan fingerprint density at radius 1 is 0.763 bits per heavy atom. The molecule has 1 atom stereocenters. The summed E-state index contributed by atoms with van der Waals surface area (Å²) in [4.78, 5) is 68.9. The van der Waals surface area contributed by atoms with Crippen LogP contribution in [0, 0.1) is 11.3 Å². The number of hydrogen-bond donors (Lipinski definition) is 3. The molecule has 2 aromatic heterocycles. The first-order valence-electron chi connectivity index (χ1n) is 26.2. The second-order valence-corrected chi connectivity index (χ2v) is 25.0. The SMILES string of the molecule is COc1cc(N2CCC3(CCN(CC4CCN(c5ccc6c(c5)C(=O)N(C5CCC(=O)NC5=O)C6=O)CC4)CC3)CC2)c(-c2cnn(C)c2)cc1Nc1ncc(Cl)c(Nc2ccc(-c3ccccc3)cc2P(C)(C)=O)n1. The molecule has 4 aromatic carbocycles. The number of anilines is 6. The van der Waals surface area contributed by atoms with E-state index in [2.05, 4.69) is 52.9 Å². The van der Waals surface area contributed by atoms with Gasteiger partial charge in [-0.1, -0.05) is 48.0 Å². The van der Waals surface area contributed by atoms with E-state index in [0.29, 0.717) is 61.7 Å². The van der Waals surface area contributed by atoms with Crippen LogP contribution < -0.4 is 35.8 Å². The van der Waals surface area contributed by atoms with E-state index < -0.39 is 30.9 Å². The molecule has 7 heterocycles. The van der Waals surface area contributed by atoms with E-state index in [1.807, 2.05) is 78.7 Å². The zero-order valence-electron chi connectivity index (χ0n) is 43.4. The Morgan fingerprint density at radius 3 is 2.20 bits per heavy atom. The molecule has 19 heteroatoms. The number of ether oxygens (including phenoxy) is 1. The van der Waals surface area contributed by atoms with Crippen LogP contribution in [0.2, 0.25) is 5.02 Å². The van der Waals surface area contributed by atoms with Gasteiger partial charge in [0.1, 0.15) is 24.0 Å². The maximum Gasteiger partial charge on any atom is 0.262 e. The highest BCUT2D eigenvalue weighted by molar-refractivity contribution is 7.70. The Kier molecular flexibility index (Phi) is 14.0. The van der Waals surface area contributed by atoms with Gasteiger partial charge in [0, 0.05) is 86.3 Å². The molecule has 1 spiro atoms. The largest absolute Gasteiger partial charge is 0.494 e. The summed E-state index contributed by atoms with van der Waals surface area (Å²) >= 11 is 6.73. The zero-order chi connectivity index (χ0) is 52.9. The van der Waals surface area contributed by atoms with E-state index in [1.165, 1.54) is 12.8 Å². The van der Waals surface area contributed by atoms with Gasteiger partial charge in [0.25, 0.3) is 11.8 Å². The Hall–Kier alpha value is -7.07. The number of methoxy groups -OCH3 is 1. The van der Waals surface area contributed by atoms with Gasteiger partial charge in [-0.05, 0) is 130 Å². The van der Waals surface area contributed by atoms with Gasteiger partial charge in [-0.15, -0.1) is 0 Å². The number of hydrogen-bond acceptors (Lipinski definition) is 14. The molecule has 0 saturated carbocycles. The first-order chi connectivity index (χ1) is 36.6. The number of nitrogens with one attached hydrogen (secondary N) is 3. The Morgan fingerprint density at radius 2 is 1.50 bits per heavy atom. The van der Waals surface area contributed by atoms with Crippen molar-refractivity contribution in [2.24, 2.45) is 18.4 Å². The van der Waals surface area contributed by atoms with Crippen LogP contribution in [0.1, 0.15) is 72.1 Å². The van der Waals surface area contributed by atoms with Crippen LogP contribution in [0.25, 0.3) is 22.3 Å². The molecule has 4 fully saturated rings. The van der Waals surface area contributed by atoms with Crippen molar-refractivity contribution in [1.82, 2.24) is 34.9 Å². The highest BCUT2D eigenvalue weighted by Crippen LogP contribution is 2.47. The molecule has 11 rings (SSSR count). The highest BCUT2D eigenvalue weighted by Gasteiger charge is 2.45. The summed E-state index contributed by atoms with van der Waals surface area (Å²) in [6, 6.07) is 24.5. The first-order valence-corrected chi connectivity index (χ1v) is 29.2. The van der Waals surface area contributed by atoms with Crippen LogP contribution in [0.3, 0.4) is 0 Å². The number of halogens is 1. The first kappa shape index (κ1) is 51.1. The average Bonchev–Trinajstić information content (AvgIpc) is 3.99. The normalized spacial score (nSPS) is 19.3. The Balaban J connectivity index is 0.717. The lowest BCUT2D eigenvalue weighted by Gasteiger charge is -2.48. The molecule has 0 radical (unpaired) electrons. The van der Waals surface area contributed by atoms with E-state index in [4.69, 9.17) is 21.3 Å². The summed E-state index contributed by atoms with van der Waals surface area (Å²) in [5.74, 6) is -0.0515. The van der Waals surface area contributed by atoms with E-state index in [-0.39, 0.29) is 18.7 Å². The van der Waals surface area contributed by atoms with E-state index in [1.54, 1.807) is 38.8 Å². The number of rotatable bonds is 13. The van der Waals surface area contributed by atoms with Crippen LogP contribution in [0.5, 0.6) is 5.75 Å². The summed E-state index contributed by atoms with van der Waals surface area (Å²) in [6.07, 6.45) is 12.3. The minimum absolute atomic E-state index is 0.0920. The lowest BCUT2D eigenvalue weighted by atomic mass is 9.71. The van der Waals surface area contributed by atoms with Crippen molar-refractivity contribution in [1.29, 1.82) is 0 Å². The fourth-order valence-corrected chi connectivity index (χ4v) is 13.2. The number of likely N-dealkylation sites (tertiary alicyclic amines) is 1. The topological polar surface area (TPSA) is 187 Å². The number of aromatic nitrogens is 4. The van der Waals surface area contributed by atoms with Gasteiger partial charge in [-0.2, -0.15) is 10.1 Å². The summed E-state index contributed by atoms with van der Waals surface area (Å²) in [6.45, 7) is 10.3. The van der Waals surface area contributed by atoms with Gasteiger partial charge in [0.2, 0.25) is 17.8 Å². The zero-order valence-corrected chi connectivity index (χ0v) is 45.0. The van der Waals surface area contributed by atoms with Crippen LogP contribution >= 0.6 is 18.7 Å². The lowest BCUT2D eigenvalue weighted by Crippen LogP contribution is -2.54. The van der Waals surface area contributed by atoms with Gasteiger partial charge in [-0.25, -0.2) is 4.98 Å². The molecule has 5 aliphatic heterocycles. The standard InChI is InChI=1S/C57H63ClN11O6P/c1-65-35-39(32-60-65)42-30-46(62-56-59-33-44(58)52(64-56)61-45-13-10-38(28-50(45)76(3,4)74)37-8-6-5-7-9-37)49(75-2)31-48(42)68-26-20-57(21-27-68)18-24-66(25-19-57)34-36-16-22-67(23-17-36)40-11-12-41-43(29-40)55(73)69(54(41)72)47-14-15-51(70)63-53(47)71/h5-13,28-33,35-36,47H,14-27,34H2,1-4H3,(H,63,70,71)(H2,59,61,62,64). The number of carbonyl (C=O) groups excluding carboxylic acids is 4. The minimum Gasteiger partial charge on any atom is -0.494 e. The van der Waals surface area contributed by atoms with Gasteiger partial charge >= 0.3 is 0 Å². The second-order valence-electron chi connectivity index (χ2n) is 21.5. The third-order valence-corrected chi connectivity index (χ3v) is 18.1.